The van der Waals surface area contributed by atoms with Crippen molar-refractivity contribution in [1.82, 2.24) is 5.32 Å². The van der Waals surface area contributed by atoms with Crippen LogP contribution in [-0.4, -0.2) is 22.7 Å². The van der Waals surface area contributed by atoms with Crippen molar-refractivity contribution in [3.05, 3.63) is 53.5 Å². The lowest BCUT2D eigenvalue weighted by molar-refractivity contribution is 0.0894. The molecule has 0 radical (unpaired) electrons. The van der Waals surface area contributed by atoms with E-state index < -0.39 is 35.0 Å². The molecule has 0 aliphatic carbocycles. The molecule has 1 unspecified atom stereocenters. The molecule has 1 amide bonds. The van der Waals surface area contributed by atoms with E-state index in [9.17, 15) is 23.8 Å². The highest BCUT2D eigenvalue weighted by Gasteiger charge is 2.20. The van der Waals surface area contributed by atoms with Crippen molar-refractivity contribution < 1.29 is 28.2 Å². The first-order valence-electron chi connectivity index (χ1n) is 5.66. The van der Waals surface area contributed by atoms with E-state index in [1.807, 2.05) is 0 Å². The summed E-state index contributed by atoms with van der Waals surface area (Å²) in [5, 5.41) is 21.2. The largest absolute Gasteiger partial charge is 0.507 e. The Hall–Kier alpha value is -2.41. The standard InChI is InChI=1S/C13H11F2NO4/c14-7-4-8(15)12(9(17)5-7)13(19)16-6-10(18)11-2-1-3-20-11/h1-5,10,17-18H,6H2,(H,16,19). The molecule has 20 heavy (non-hydrogen) atoms. The van der Waals surface area contributed by atoms with Gasteiger partial charge in [-0.2, -0.15) is 0 Å². The summed E-state index contributed by atoms with van der Waals surface area (Å²) >= 11 is 0. The number of rotatable bonds is 4. The highest BCUT2D eigenvalue weighted by molar-refractivity contribution is 5.97. The lowest BCUT2D eigenvalue weighted by atomic mass is 10.1. The van der Waals surface area contributed by atoms with Crippen LogP contribution >= 0.6 is 0 Å². The number of phenolic OH excluding ortho intramolecular Hbond substituents is 1. The third-order valence-corrected chi connectivity index (χ3v) is 2.59. The van der Waals surface area contributed by atoms with Gasteiger partial charge in [0.15, 0.2) is 0 Å². The maximum absolute atomic E-state index is 13.4. The number of benzene rings is 1. The van der Waals surface area contributed by atoms with E-state index >= 15 is 0 Å². The topological polar surface area (TPSA) is 82.7 Å². The average molecular weight is 283 g/mol. The molecule has 3 N–H and O–H groups in total. The highest BCUT2D eigenvalue weighted by atomic mass is 19.1. The zero-order valence-electron chi connectivity index (χ0n) is 10.1. The molecule has 0 spiro atoms. The van der Waals surface area contributed by atoms with Crippen LogP contribution in [0.2, 0.25) is 0 Å². The van der Waals surface area contributed by atoms with Crippen LogP contribution in [0, 0.1) is 11.6 Å². The summed E-state index contributed by atoms with van der Waals surface area (Å²) in [5.74, 6) is -3.73. The van der Waals surface area contributed by atoms with Gasteiger partial charge in [0.25, 0.3) is 5.91 Å². The summed E-state index contributed by atoms with van der Waals surface area (Å²) in [4.78, 5) is 11.7. The van der Waals surface area contributed by atoms with E-state index in [0.717, 1.165) is 0 Å². The van der Waals surface area contributed by atoms with E-state index in [0.29, 0.717) is 12.1 Å². The summed E-state index contributed by atoms with van der Waals surface area (Å²) in [6.45, 7) is -0.247. The van der Waals surface area contributed by atoms with Crippen LogP contribution in [-0.2, 0) is 0 Å². The highest BCUT2D eigenvalue weighted by Crippen LogP contribution is 2.22. The lowest BCUT2D eigenvalue weighted by Crippen LogP contribution is -2.29. The molecule has 1 aromatic carbocycles. The summed E-state index contributed by atoms with van der Waals surface area (Å²) in [5.41, 5.74) is -0.682. The average Bonchev–Trinajstić information content (AvgIpc) is 2.88. The number of amides is 1. The van der Waals surface area contributed by atoms with E-state index in [-0.39, 0.29) is 12.3 Å². The zero-order chi connectivity index (χ0) is 14.7. The number of halogens is 2. The maximum Gasteiger partial charge on any atom is 0.258 e. The Morgan fingerprint density at radius 3 is 2.75 bits per heavy atom. The van der Waals surface area contributed by atoms with Gasteiger partial charge in [-0.25, -0.2) is 8.78 Å². The molecular formula is C13H11F2NO4. The fourth-order valence-electron chi connectivity index (χ4n) is 1.64. The van der Waals surface area contributed by atoms with Crippen LogP contribution in [0.1, 0.15) is 22.2 Å². The summed E-state index contributed by atoms with van der Waals surface area (Å²) < 4.78 is 31.1. The van der Waals surface area contributed by atoms with Gasteiger partial charge in [-0.15, -0.1) is 0 Å². The van der Waals surface area contributed by atoms with Crippen molar-refractivity contribution in [3.8, 4) is 5.75 Å². The third kappa shape index (κ3) is 2.94. The van der Waals surface area contributed by atoms with Gasteiger partial charge in [0.2, 0.25) is 0 Å². The molecule has 7 heteroatoms. The molecule has 0 saturated carbocycles. The van der Waals surface area contributed by atoms with Crippen molar-refractivity contribution in [3.63, 3.8) is 0 Å². The summed E-state index contributed by atoms with van der Waals surface area (Å²) in [7, 11) is 0. The first-order valence-corrected chi connectivity index (χ1v) is 5.66. The minimum atomic E-state index is -1.19. The Kier molecular flexibility index (Phi) is 3.99. The van der Waals surface area contributed by atoms with Crippen molar-refractivity contribution in [2.45, 2.75) is 6.10 Å². The quantitative estimate of drug-likeness (QED) is 0.798. The number of carbonyl (C=O) groups excluding carboxylic acids is 1. The predicted molar refractivity (Wildman–Crippen MR) is 64.0 cm³/mol. The van der Waals surface area contributed by atoms with Gasteiger partial charge < -0.3 is 19.9 Å². The second-order valence-corrected chi connectivity index (χ2v) is 4.02. The number of hydrogen-bond donors (Lipinski definition) is 3. The van der Waals surface area contributed by atoms with Crippen LogP contribution in [0.5, 0.6) is 5.75 Å². The van der Waals surface area contributed by atoms with Crippen molar-refractivity contribution in [1.29, 1.82) is 0 Å². The minimum Gasteiger partial charge on any atom is -0.507 e. The molecule has 0 aliphatic rings. The Morgan fingerprint density at radius 1 is 1.40 bits per heavy atom. The van der Waals surface area contributed by atoms with Gasteiger partial charge in [-0.1, -0.05) is 0 Å². The molecule has 0 fully saturated rings. The maximum atomic E-state index is 13.4. The molecule has 1 atom stereocenters. The molecule has 1 heterocycles. The second-order valence-electron chi connectivity index (χ2n) is 4.02. The van der Waals surface area contributed by atoms with Crippen LogP contribution < -0.4 is 5.32 Å². The monoisotopic (exact) mass is 283 g/mol. The van der Waals surface area contributed by atoms with Crippen molar-refractivity contribution in [2.75, 3.05) is 6.54 Å². The van der Waals surface area contributed by atoms with Gasteiger partial charge >= 0.3 is 0 Å². The molecule has 106 valence electrons. The minimum absolute atomic E-state index is 0.231. The number of aliphatic hydroxyl groups excluding tert-OH is 1. The first kappa shape index (κ1) is 14.0. The number of nitrogens with one attached hydrogen (secondary N) is 1. The number of hydrogen-bond acceptors (Lipinski definition) is 4. The van der Waals surface area contributed by atoms with Gasteiger partial charge in [-0.05, 0) is 12.1 Å². The van der Waals surface area contributed by atoms with Gasteiger partial charge in [-0.3, -0.25) is 4.79 Å². The lowest BCUT2D eigenvalue weighted by Gasteiger charge is -2.11. The molecule has 0 bridgehead atoms. The Balaban J connectivity index is 2.06. The van der Waals surface area contributed by atoms with Gasteiger partial charge in [0.1, 0.15) is 34.8 Å². The number of aromatic hydroxyl groups is 1. The predicted octanol–water partition coefficient (Wildman–Crippen LogP) is 1.73. The van der Waals surface area contributed by atoms with E-state index in [2.05, 4.69) is 5.32 Å². The Labute approximate surface area is 112 Å². The number of furan rings is 1. The van der Waals surface area contributed by atoms with E-state index in [4.69, 9.17) is 4.42 Å². The third-order valence-electron chi connectivity index (χ3n) is 2.59. The van der Waals surface area contributed by atoms with Crippen LogP contribution in [0.25, 0.3) is 0 Å². The molecular weight excluding hydrogens is 272 g/mol. The zero-order valence-corrected chi connectivity index (χ0v) is 10.1. The Morgan fingerprint density at radius 2 is 2.15 bits per heavy atom. The smallest absolute Gasteiger partial charge is 0.258 e. The van der Waals surface area contributed by atoms with E-state index in [1.165, 1.54) is 12.3 Å². The fourth-order valence-corrected chi connectivity index (χ4v) is 1.64. The SMILES string of the molecule is O=C(NCC(O)c1ccco1)c1c(O)cc(F)cc1F. The molecule has 0 saturated heterocycles. The summed E-state index contributed by atoms with van der Waals surface area (Å²) in [6, 6.07) is 4.18. The van der Waals surface area contributed by atoms with Crippen molar-refractivity contribution in [2.24, 2.45) is 0 Å². The molecule has 1 aromatic heterocycles. The molecule has 0 aliphatic heterocycles. The van der Waals surface area contributed by atoms with Crippen LogP contribution in [0.3, 0.4) is 0 Å². The van der Waals surface area contributed by atoms with Crippen LogP contribution in [0.4, 0.5) is 8.78 Å². The fraction of sp³-hybridized carbons (Fsp3) is 0.154. The normalized spacial score (nSPS) is 12.2. The molecule has 5 nitrogen and oxygen atoms in total. The molecule has 2 rings (SSSR count). The number of aliphatic hydroxyl groups is 1. The van der Waals surface area contributed by atoms with Gasteiger partial charge in [0.05, 0.1) is 12.8 Å². The summed E-state index contributed by atoms with van der Waals surface area (Å²) in [6.07, 6.45) is 0.242. The number of carbonyl (C=O) groups is 1. The van der Waals surface area contributed by atoms with E-state index in [1.54, 1.807) is 6.07 Å². The number of phenols is 1. The van der Waals surface area contributed by atoms with Crippen LogP contribution in [0.15, 0.2) is 34.9 Å². The van der Waals surface area contributed by atoms with Gasteiger partial charge in [0, 0.05) is 12.1 Å². The second kappa shape index (κ2) is 5.70. The molecule has 2 aromatic rings. The first-order chi connectivity index (χ1) is 9.49. The van der Waals surface area contributed by atoms with Crippen molar-refractivity contribution >= 4 is 5.91 Å². The Bertz CT molecular complexity index is 590.